The van der Waals surface area contributed by atoms with Crippen LogP contribution in [0.3, 0.4) is 0 Å². The minimum absolute atomic E-state index is 0.0410. The number of rotatable bonds is 12. The zero-order valence-corrected chi connectivity index (χ0v) is 37.1. The molecule has 19 heteroatoms. The highest BCUT2D eigenvalue weighted by Crippen LogP contribution is 2.34. The Morgan fingerprint density at radius 1 is 0.652 bits per heavy atom. The van der Waals surface area contributed by atoms with Crippen LogP contribution >= 0.6 is 34.8 Å². The number of carboxylic acids is 1. The zero-order chi connectivity index (χ0) is 47.1. The van der Waals surface area contributed by atoms with Gasteiger partial charge in [0.1, 0.15) is 36.1 Å². The SMILES string of the molecule is CCOC(=O)C(=O)c1cc2cc(Cl)ccc2o1.O=C(N[C@H](CN1CCCC1)[C@H](O)c1ccc2c(c1)OCCO2)C(=O)c1cc2cc(Cl)ccc2o1.O=C(O)C(=O)c1cc2cc(Cl)ccc2o1. The number of fused-ring (bicyclic) bond motifs is 4. The smallest absolute Gasteiger partial charge is 0.383 e. The summed E-state index contributed by atoms with van der Waals surface area (Å²) in [4.78, 5) is 72.2. The van der Waals surface area contributed by atoms with Gasteiger partial charge in [-0.25, -0.2) is 9.59 Å². The van der Waals surface area contributed by atoms with Gasteiger partial charge >= 0.3 is 23.5 Å². The fourth-order valence-corrected chi connectivity index (χ4v) is 7.61. The number of hydrogen-bond acceptors (Lipinski definition) is 14. The van der Waals surface area contributed by atoms with Crippen LogP contribution in [0.5, 0.6) is 11.5 Å². The van der Waals surface area contributed by atoms with E-state index in [0.717, 1.165) is 25.9 Å². The van der Waals surface area contributed by atoms with Gasteiger partial charge in [0.15, 0.2) is 28.8 Å². The van der Waals surface area contributed by atoms with Gasteiger partial charge in [0.05, 0.1) is 12.6 Å². The van der Waals surface area contributed by atoms with E-state index in [1.165, 1.54) is 18.2 Å². The summed E-state index contributed by atoms with van der Waals surface area (Å²) >= 11 is 17.5. The molecule has 0 bridgehead atoms. The number of furan rings is 3. The molecule has 0 radical (unpaired) electrons. The van der Waals surface area contributed by atoms with E-state index in [4.69, 9.17) is 62.6 Å². The van der Waals surface area contributed by atoms with Crippen LogP contribution in [0.2, 0.25) is 15.1 Å². The third-order valence-corrected chi connectivity index (χ3v) is 10.9. The van der Waals surface area contributed by atoms with Gasteiger partial charge in [0.25, 0.3) is 11.7 Å². The number of aliphatic hydroxyl groups is 1. The van der Waals surface area contributed by atoms with Gasteiger partial charge in [-0.2, -0.15) is 0 Å². The number of nitrogens with one attached hydrogen (secondary N) is 1. The molecule has 16 nitrogen and oxygen atoms in total. The van der Waals surface area contributed by atoms with Crippen LogP contribution in [-0.2, 0) is 19.1 Å². The standard InChI is InChI=1S/C25H25ClN2O6.C12H9ClO4.C10H5ClO4/c26-17-4-6-19-16(11-17)13-22(34-19)24(30)25(31)27-18(14-28-7-1-2-8-28)23(29)15-3-5-20-21(12-15)33-10-9-32-20;1-2-16-12(15)11(14)10-6-7-5-8(13)3-4-9(7)17-10;11-6-1-2-7-5(3-6)4-8(15-7)9(12)10(13)14/h3-6,11-13,18,23,29H,1-2,7-10,14H2,(H,27,31);3-6H,2H2,1H3;1-4H,(H,13,14)/t18-,23-;;/m1../s1. The predicted molar refractivity (Wildman–Crippen MR) is 241 cm³/mol. The summed E-state index contributed by atoms with van der Waals surface area (Å²) in [7, 11) is 0. The van der Waals surface area contributed by atoms with E-state index in [-0.39, 0.29) is 23.9 Å². The number of aliphatic hydroxyl groups excluding tert-OH is 1. The highest BCUT2D eigenvalue weighted by Gasteiger charge is 2.31. The largest absolute Gasteiger partial charge is 0.486 e. The molecule has 3 N–H and O–H groups in total. The molecule has 0 spiro atoms. The Morgan fingerprint density at radius 3 is 1.64 bits per heavy atom. The van der Waals surface area contributed by atoms with Gasteiger partial charge in [-0.1, -0.05) is 40.9 Å². The summed E-state index contributed by atoms with van der Waals surface area (Å²) in [5.41, 5.74) is 1.97. The number of esters is 1. The third-order valence-electron chi connectivity index (χ3n) is 10.2. The van der Waals surface area contributed by atoms with Crippen molar-refractivity contribution in [3.05, 3.63) is 129 Å². The van der Waals surface area contributed by atoms with Crippen LogP contribution in [-0.4, -0.2) is 95.8 Å². The van der Waals surface area contributed by atoms with Gasteiger partial charge in [0.2, 0.25) is 0 Å². The summed E-state index contributed by atoms with van der Waals surface area (Å²) < 4.78 is 31.6. The molecule has 5 heterocycles. The van der Waals surface area contributed by atoms with Crippen LogP contribution in [0.1, 0.15) is 63.1 Å². The summed E-state index contributed by atoms with van der Waals surface area (Å²) in [6.07, 6.45) is 1.06. The quantitative estimate of drug-likeness (QED) is 0.0593. The van der Waals surface area contributed by atoms with Gasteiger partial charge < -0.3 is 47.9 Å². The average molecular weight is 962 g/mol. The second-order valence-electron chi connectivity index (χ2n) is 14.8. The second kappa shape index (κ2) is 21.1. The molecule has 4 aromatic carbocycles. The van der Waals surface area contributed by atoms with E-state index in [2.05, 4.69) is 15.0 Å². The van der Waals surface area contributed by atoms with Crippen LogP contribution < -0.4 is 14.8 Å². The van der Waals surface area contributed by atoms with Crippen LogP contribution in [0.15, 0.2) is 104 Å². The molecule has 2 aliphatic rings. The van der Waals surface area contributed by atoms with Crippen molar-refractivity contribution in [2.45, 2.75) is 31.9 Å². The van der Waals surface area contributed by atoms with E-state index in [1.54, 1.807) is 79.7 Å². The number of hydrogen-bond donors (Lipinski definition) is 3. The maximum Gasteiger partial charge on any atom is 0.383 e. The Labute approximate surface area is 389 Å². The van der Waals surface area contributed by atoms with E-state index < -0.39 is 47.3 Å². The highest BCUT2D eigenvalue weighted by molar-refractivity contribution is 6.42. The minimum Gasteiger partial charge on any atom is -0.486 e. The van der Waals surface area contributed by atoms with Crippen LogP contribution in [0.4, 0.5) is 0 Å². The molecule has 9 rings (SSSR count). The summed E-state index contributed by atoms with van der Waals surface area (Å²) in [6.45, 7) is 4.83. The van der Waals surface area contributed by atoms with Crippen molar-refractivity contribution in [1.82, 2.24) is 10.2 Å². The minimum atomic E-state index is -1.54. The predicted octanol–water partition coefficient (Wildman–Crippen LogP) is 8.54. The van der Waals surface area contributed by atoms with Crippen molar-refractivity contribution in [3.63, 3.8) is 0 Å². The molecule has 2 aliphatic heterocycles. The normalized spacial score (nSPS) is 14.1. The fraction of sp³-hybridized carbons (Fsp3) is 0.234. The zero-order valence-electron chi connectivity index (χ0n) is 34.8. The number of ketones is 3. The van der Waals surface area contributed by atoms with Gasteiger partial charge in [-0.05, 0) is 123 Å². The van der Waals surface area contributed by atoms with E-state index in [9.17, 15) is 33.9 Å². The maximum atomic E-state index is 12.9. The average Bonchev–Trinajstić information content (AvgIpc) is 4.14. The molecule has 66 heavy (non-hydrogen) atoms. The van der Waals surface area contributed by atoms with Gasteiger partial charge in [-0.15, -0.1) is 0 Å². The molecular formula is C47H39Cl3N2O14. The Morgan fingerprint density at radius 2 is 1.14 bits per heavy atom. The number of carbonyl (C=O) groups excluding carboxylic acids is 5. The number of benzene rings is 4. The number of carbonyl (C=O) groups is 6. The van der Waals surface area contributed by atoms with Crippen molar-refractivity contribution < 1.29 is 66.4 Å². The molecule has 1 saturated heterocycles. The summed E-state index contributed by atoms with van der Waals surface area (Å²) in [5, 5.41) is 25.9. The maximum absolute atomic E-state index is 12.9. The highest BCUT2D eigenvalue weighted by atomic mass is 35.5. The molecule has 7 aromatic rings. The van der Waals surface area contributed by atoms with E-state index >= 15 is 0 Å². The number of halogens is 3. The van der Waals surface area contributed by atoms with E-state index in [0.29, 0.717) is 84.8 Å². The molecule has 0 aliphatic carbocycles. The summed E-state index contributed by atoms with van der Waals surface area (Å²) in [5.74, 6) is -5.13. The number of ether oxygens (including phenoxy) is 3. The van der Waals surface area contributed by atoms with Crippen molar-refractivity contribution in [2.24, 2.45) is 0 Å². The van der Waals surface area contributed by atoms with Crippen molar-refractivity contribution in [3.8, 4) is 11.5 Å². The lowest BCUT2D eigenvalue weighted by Gasteiger charge is -2.29. The van der Waals surface area contributed by atoms with E-state index in [1.807, 2.05) is 0 Å². The van der Waals surface area contributed by atoms with Crippen molar-refractivity contribution in [2.75, 3.05) is 39.5 Å². The third kappa shape index (κ3) is 11.4. The molecule has 2 atom stereocenters. The molecule has 0 saturated carbocycles. The number of Topliss-reactive ketones (excluding diaryl/α,β-unsaturated/α-hetero) is 3. The van der Waals surface area contributed by atoms with Crippen LogP contribution in [0.25, 0.3) is 32.9 Å². The number of amides is 1. The monoisotopic (exact) mass is 960 g/mol. The Balaban J connectivity index is 0.000000168. The molecule has 1 fully saturated rings. The molecule has 1 amide bonds. The Kier molecular flexibility index (Phi) is 15.1. The number of carboxylic acid groups (broad SMARTS) is 1. The first-order chi connectivity index (χ1) is 31.7. The Hall–Kier alpha value is -6.69. The molecule has 0 unspecified atom stereocenters. The lowest BCUT2D eigenvalue weighted by molar-refractivity contribution is -0.137. The first-order valence-corrected chi connectivity index (χ1v) is 21.5. The number of aliphatic carboxylic acids is 1. The first-order valence-electron chi connectivity index (χ1n) is 20.4. The van der Waals surface area contributed by atoms with Crippen molar-refractivity contribution in [1.29, 1.82) is 0 Å². The molecule has 3 aromatic heterocycles. The lowest BCUT2D eigenvalue weighted by Crippen LogP contribution is -2.48. The Bertz CT molecular complexity index is 2970. The number of nitrogens with zero attached hydrogens (tertiary/aromatic N) is 1. The number of likely N-dealkylation sites (tertiary alicyclic amines) is 1. The van der Waals surface area contributed by atoms with Gasteiger partial charge in [0, 0.05) is 37.8 Å². The second-order valence-corrected chi connectivity index (χ2v) is 16.1. The van der Waals surface area contributed by atoms with Crippen LogP contribution in [0, 0.1) is 0 Å². The topological polar surface area (TPSA) is 225 Å². The lowest BCUT2D eigenvalue weighted by atomic mass is 10.0. The van der Waals surface area contributed by atoms with Crippen molar-refractivity contribution >= 4 is 103 Å². The summed E-state index contributed by atoms with van der Waals surface area (Å²) in [6, 6.07) is 23.5. The fourth-order valence-electron chi connectivity index (χ4n) is 7.07. The van der Waals surface area contributed by atoms with Gasteiger partial charge in [-0.3, -0.25) is 19.2 Å². The first kappa shape index (κ1) is 47.3. The molecular weight excluding hydrogens is 923 g/mol. The molecule has 342 valence electrons.